The zero-order valence-corrected chi connectivity index (χ0v) is 16.0. The standard InChI is InChI=1S/C19H11Cl2N3O2S/c20-13-8-7-11(10-14(13)21)18(25)23-24-17(16-6-3-9-27-16)22-15-5-2-1-4-12(15)19(24)26/h1-10H,(H,23,25). The molecule has 0 radical (unpaired) electrons. The van der Waals surface area contributed by atoms with Crippen molar-refractivity contribution in [3.05, 3.63) is 85.9 Å². The van der Waals surface area contributed by atoms with Crippen LogP contribution in [0.5, 0.6) is 0 Å². The van der Waals surface area contributed by atoms with E-state index in [0.717, 1.165) is 4.88 Å². The van der Waals surface area contributed by atoms with Gasteiger partial charge >= 0.3 is 0 Å². The summed E-state index contributed by atoms with van der Waals surface area (Å²) in [4.78, 5) is 31.0. The molecule has 0 unspecified atom stereocenters. The molecular weight excluding hydrogens is 405 g/mol. The number of carbonyl (C=O) groups excluding carboxylic acids is 1. The van der Waals surface area contributed by atoms with Crippen LogP contribution < -0.4 is 11.0 Å². The third kappa shape index (κ3) is 3.35. The molecule has 2 aromatic carbocycles. The minimum Gasteiger partial charge on any atom is -0.267 e. The van der Waals surface area contributed by atoms with Crippen molar-refractivity contribution in [1.29, 1.82) is 0 Å². The Labute approximate surface area is 167 Å². The van der Waals surface area contributed by atoms with Crippen molar-refractivity contribution in [3.63, 3.8) is 0 Å². The lowest BCUT2D eigenvalue weighted by Crippen LogP contribution is -2.35. The van der Waals surface area contributed by atoms with Crippen molar-refractivity contribution in [1.82, 2.24) is 9.66 Å². The average Bonchev–Trinajstić information content (AvgIpc) is 3.20. The van der Waals surface area contributed by atoms with E-state index in [2.05, 4.69) is 10.4 Å². The van der Waals surface area contributed by atoms with Crippen LogP contribution in [0.15, 0.2) is 64.8 Å². The number of nitrogens with one attached hydrogen (secondary N) is 1. The Bertz CT molecular complexity index is 1220. The summed E-state index contributed by atoms with van der Waals surface area (Å²) >= 11 is 13.3. The van der Waals surface area contributed by atoms with Gasteiger partial charge in [-0.2, -0.15) is 4.68 Å². The third-order valence-electron chi connectivity index (χ3n) is 3.91. The van der Waals surface area contributed by atoms with Gasteiger partial charge in [0.1, 0.15) is 0 Å². The number of hydrogen-bond donors (Lipinski definition) is 1. The second-order valence-corrected chi connectivity index (χ2v) is 7.40. The quantitative estimate of drug-likeness (QED) is 0.521. The van der Waals surface area contributed by atoms with Gasteiger partial charge in [-0.05, 0) is 41.8 Å². The first-order chi connectivity index (χ1) is 13.0. The molecule has 2 heterocycles. The van der Waals surface area contributed by atoms with E-state index >= 15 is 0 Å². The molecule has 1 N–H and O–H groups in total. The fourth-order valence-corrected chi connectivity index (χ4v) is 3.61. The second-order valence-electron chi connectivity index (χ2n) is 5.64. The predicted octanol–water partition coefficient (Wildman–Crippen LogP) is 4.82. The third-order valence-corrected chi connectivity index (χ3v) is 5.52. The summed E-state index contributed by atoms with van der Waals surface area (Å²) < 4.78 is 1.17. The Balaban J connectivity index is 1.85. The van der Waals surface area contributed by atoms with Crippen LogP contribution in [0.4, 0.5) is 0 Å². The van der Waals surface area contributed by atoms with Crippen LogP contribution in [0.3, 0.4) is 0 Å². The molecule has 4 rings (SSSR count). The molecule has 0 spiro atoms. The monoisotopic (exact) mass is 415 g/mol. The number of carbonyl (C=O) groups is 1. The molecule has 0 aliphatic heterocycles. The summed E-state index contributed by atoms with van der Waals surface area (Å²) in [5.74, 6) is -0.132. The smallest absolute Gasteiger partial charge is 0.267 e. The molecule has 134 valence electrons. The lowest BCUT2D eigenvalue weighted by molar-refractivity contribution is 0.101. The Hall–Kier alpha value is -2.67. The van der Waals surface area contributed by atoms with E-state index < -0.39 is 5.91 Å². The first kappa shape index (κ1) is 17.7. The van der Waals surface area contributed by atoms with Crippen LogP contribution >= 0.6 is 34.5 Å². The topological polar surface area (TPSA) is 64.0 Å². The molecule has 0 aliphatic rings. The number of aromatic nitrogens is 2. The Morgan fingerprint density at radius 2 is 1.85 bits per heavy atom. The Morgan fingerprint density at radius 3 is 2.59 bits per heavy atom. The molecule has 8 heteroatoms. The number of halogens is 2. The number of amides is 1. The van der Waals surface area contributed by atoms with Gasteiger partial charge in [0.05, 0.1) is 25.8 Å². The van der Waals surface area contributed by atoms with Gasteiger partial charge in [0.15, 0.2) is 5.82 Å². The van der Waals surface area contributed by atoms with Crippen LogP contribution in [0, 0.1) is 0 Å². The SMILES string of the molecule is O=C(Nn1c(-c2cccs2)nc2ccccc2c1=O)c1ccc(Cl)c(Cl)c1. The molecule has 0 aliphatic carbocycles. The molecule has 1 amide bonds. The summed E-state index contributed by atoms with van der Waals surface area (Å²) in [6.45, 7) is 0. The van der Waals surface area contributed by atoms with Crippen molar-refractivity contribution in [2.45, 2.75) is 0 Å². The maximum absolute atomic E-state index is 13.0. The van der Waals surface area contributed by atoms with Crippen molar-refractivity contribution in [2.75, 3.05) is 5.43 Å². The van der Waals surface area contributed by atoms with Gasteiger partial charge in [0, 0.05) is 5.56 Å². The van der Waals surface area contributed by atoms with Gasteiger partial charge in [0.2, 0.25) is 0 Å². The maximum Gasteiger partial charge on any atom is 0.280 e. The van der Waals surface area contributed by atoms with Crippen molar-refractivity contribution in [2.24, 2.45) is 0 Å². The normalized spacial score (nSPS) is 10.9. The van der Waals surface area contributed by atoms with E-state index in [1.807, 2.05) is 23.6 Å². The lowest BCUT2D eigenvalue weighted by atomic mass is 10.2. The lowest BCUT2D eigenvalue weighted by Gasteiger charge is -2.14. The van der Waals surface area contributed by atoms with Crippen LogP contribution in [-0.4, -0.2) is 15.6 Å². The van der Waals surface area contributed by atoms with Crippen molar-refractivity contribution < 1.29 is 4.79 Å². The van der Waals surface area contributed by atoms with E-state index in [4.69, 9.17) is 23.2 Å². The van der Waals surface area contributed by atoms with E-state index in [9.17, 15) is 9.59 Å². The van der Waals surface area contributed by atoms with Crippen molar-refractivity contribution in [3.8, 4) is 10.7 Å². The van der Waals surface area contributed by atoms with Gasteiger partial charge < -0.3 is 0 Å². The van der Waals surface area contributed by atoms with Crippen LogP contribution in [0.2, 0.25) is 10.0 Å². The van der Waals surface area contributed by atoms with Gasteiger partial charge in [-0.3, -0.25) is 15.0 Å². The second kappa shape index (κ2) is 7.15. The summed E-state index contributed by atoms with van der Waals surface area (Å²) in [5.41, 5.74) is 3.11. The summed E-state index contributed by atoms with van der Waals surface area (Å²) in [7, 11) is 0. The number of rotatable bonds is 3. The number of para-hydroxylation sites is 1. The van der Waals surface area contributed by atoms with Crippen LogP contribution in [-0.2, 0) is 0 Å². The number of fused-ring (bicyclic) bond motifs is 1. The van der Waals surface area contributed by atoms with E-state index in [-0.39, 0.29) is 16.1 Å². The summed E-state index contributed by atoms with van der Waals surface area (Å²) in [6, 6.07) is 15.2. The van der Waals surface area contributed by atoms with E-state index in [0.29, 0.717) is 21.7 Å². The number of hydrogen-bond acceptors (Lipinski definition) is 4. The fourth-order valence-electron chi connectivity index (χ4n) is 2.61. The van der Waals surface area contributed by atoms with Gasteiger partial charge in [0.25, 0.3) is 11.5 Å². The number of benzene rings is 2. The molecule has 4 aromatic rings. The first-order valence-electron chi connectivity index (χ1n) is 7.86. The molecule has 27 heavy (non-hydrogen) atoms. The molecule has 0 fully saturated rings. The molecule has 2 aromatic heterocycles. The van der Waals surface area contributed by atoms with E-state index in [1.54, 1.807) is 18.2 Å². The zero-order valence-electron chi connectivity index (χ0n) is 13.6. The molecule has 0 bridgehead atoms. The van der Waals surface area contributed by atoms with Gasteiger partial charge in [-0.1, -0.05) is 41.4 Å². The van der Waals surface area contributed by atoms with Gasteiger partial charge in [-0.25, -0.2) is 4.98 Å². The van der Waals surface area contributed by atoms with Crippen LogP contribution in [0.1, 0.15) is 10.4 Å². The summed E-state index contributed by atoms with van der Waals surface area (Å²) in [5, 5.41) is 2.89. The van der Waals surface area contributed by atoms with Gasteiger partial charge in [-0.15, -0.1) is 11.3 Å². The van der Waals surface area contributed by atoms with Crippen LogP contribution in [0.25, 0.3) is 21.6 Å². The zero-order chi connectivity index (χ0) is 19.0. The maximum atomic E-state index is 13.0. The highest BCUT2D eigenvalue weighted by Gasteiger charge is 2.17. The predicted molar refractivity (Wildman–Crippen MR) is 109 cm³/mol. The highest BCUT2D eigenvalue weighted by Crippen LogP contribution is 2.24. The molecule has 5 nitrogen and oxygen atoms in total. The minimum absolute atomic E-state index is 0.256. The Kier molecular flexibility index (Phi) is 4.70. The molecule has 0 atom stereocenters. The first-order valence-corrected chi connectivity index (χ1v) is 9.50. The fraction of sp³-hybridized carbons (Fsp3) is 0. The Morgan fingerprint density at radius 1 is 1.04 bits per heavy atom. The molecule has 0 saturated heterocycles. The summed E-state index contributed by atoms with van der Waals surface area (Å²) in [6.07, 6.45) is 0. The highest BCUT2D eigenvalue weighted by atomic mass is 35.5. The number of nitrogens with zero attached hydrogens (tertiary/aromatic N) is 2. The average molecular weight is 416 g/mol. The highest BCUT2D eigenvalue weighted by molar-refractivity contribution is 7.13. The minimum atomic E-state index is -0.495. The number of thiophene rings is 1. The van der Waals surface area contributed by atoms with E-state index in [1.165, 1.54) is 34.2 Å². The van der Waals surface area contributed by atoms with Crippen molar-refractivity contribution >= 4 is 51.3 Å². The molecular formula is C19H11Cl2N3O2S. The molecule has 0 saturated carbocycles. The largest absolute Gasteiger partial charge is 0.280 e.